The molecule has 3 rings (SSSR count). The van der Waals surface area contributed by atoms with Crippen molar-refractivity contribution in [3.05, 3.63) is 51.2 Å². The predicted octanol–water partition coefficient (Wildman–Crippen LogP) is 3.76. The molecular weight excluding hydrogens is 334 g/mol. The summed E-state index contributed by atoms with van der Waals surface area (Å²) in [5, 5.41) is 5.23. The molecule has 7 heteroatoms. The summed E-state index contributed by atoms with van der Waals surface area (Å²) in [6.07, 6.45) is 2.73. The molecule has 0 aliphatic carbocycles. The molecule has 0 fully saturated rings. The molecule has 7 nitrogen and oxygen atoms in total. The lowest BCUT2D eigenvalue weighted by atomic mass is 10.1. The number of aromatic nitrogens is 2. The summed E-state index contributed by atoms with van der Waals surface area (Å²) < 4.78 is 13.5. The highest BCUT2D eigenvalue weighted by molar-refractivity contribution is 5.84. The number of hydrogen-bond donors (Lipinski definition) is 0. The molecule has 3 aromatic rings. The average Bonchev–Trinajstić information content (AvgIpc) is 2.98. The van der Waals surface area contributed by atoms with Gasteiger partial charge >= 0.3 is 5.63 Å². The second kappa shape index (κ2) is 7.51. The Bertz CT molecular complexity index is 986. The average molecular weight is 356 g/mol. The topological polar surface area (TPSA) is 77.3 Å². The summed E-state index contributed by atoms with van der Waals surface area (Å²) in [4.78, 5) is 23.5. The molecule has 0 unspecified atom stereocenters. The Morgan fingerprint density at radius 1 is 1.23 bits per heavy atom. The molecule has 0 atom stereocenters. The maximum atomic E-state index is 12.1. The molecular formula is C19H22N3O4+. The van der Waals surface area contributed by atoms with Gasteiger partial charge < -0.3 is 9.15 Å². The van der Waals surface area contributed by atoms with Crippen LogP contribution < -0.4 is 10.4 Å². The van der Waals surface area contributed by atoms with Crippen LogP contribution in [-0.2, 0) is 6.42 Å². The Morgan fingerprint density at radius 3 is 2.58 bits per heavy atom. The van der Waals surface area contributed by atoms with Gasteiger partial charge in [-0.05, 0) is 37.5 Å². The summed E-state index contributed by atoms with van der Waals surface area (Å²) in [6.45, 7) is 4.44. The van der Waals surface area contributed by atoms with Gasteiger partial charge in [-0.2, -0.15) is 4.68 Å². The molecule has 136 valence electrons. The van der Waals surface area contributed by atoms with Crippen molar-refractivity contribution in [1.82, 2.24) is 9.78 Å². The summed E-state index contributed by atoms with van der Waals surface area (Å²) in [5.41, 5.74) is 2.03. The molecule has 0 aliphatic heterocycles. The highest BCUT2D eigenvalue weighted by Crippen LogP contribution is 2.31. The quantitative estimate of drug-likeness (QED) is 0.602. The third kappa shape index (κ3) is 3.37. The Labute approximate surface area is 150 Å². The van der Waals surface area contributed by atoms with E-state index in [1.165, 1.54) is 13.1 Å². The van der Waals surface area contributed by atoms with Crippen molar-refractivity contribution in [2.24, 2.45) is 0 Å². The smallest absolute Gasteiger partial charge is 0.337 e. The van der Waals surface area contributed by atoms with Gasteiger partial charge in [0.2, 0.25) is 11.6 Å². The van der Waals surface area contributed by atoms with Gasteiger partial charge in [0, 0.05) is 27.9 Å². The number of ether oxygens (including phenoxy) is 1. The zero-order chi connectivity index (χ0) is 18.7. The summed E-state index contributed by atoms with van der Waals surface area (Å²) in [6, 6.07) is 8.40. The van der Waals surface area contributed by atoms with Gasteiger partial charge in [-0.3, -0.25) is 0 Å². The van der Waals surface area contributed by atoms with E-state index in [0.29, 0.717) is 29.6 Å². The molecule has 0 saturated carbocycles. The van der Waals surface area contributed by atoms with E-state index >= 15 is 0 Å². The van der Waals surface area contributed by atoms with Crippen LogP contribution in [0.25, 0.3) is 16.8 Å². The first-order valence-corrected chi connectivity index (χ1v) is 8.75. The van der Waals surface area contributed by atoms with Crippen LogP contribution in [0.2, 0.25) is 0 Å². The number of nitroso groups, excluding NO2 is 1. The molecule has 0 aliphatic rings. The first-order valence-electron chi connectivity index (χ1n) is 8.75. The van der Waals surface area contributed by atoms with Crippen LogP contribution in [0.3, 0.4) is 0 Å². The van der Waals surface area contributed by atoms with Crippen molar-refractivity contribution in [2.45, 2.75) is 33.1 Å². The van der Waals surface area contributed by atoms with Crippen molar-refractivity contribution in [3.8, 4) is 11.6 Å². The fraction of sp³-hybridized carbons (Fsp3) is 0.368. The fourth-order valence-electron chi connectivity index (χ4n) is 2.87. The Morgan fingerprint density at radius 2 is 1.96 bits per heavy atom. The Kier molecular flexibility index (Phi) is 5.16. The van der Waals surface area contributed by atoms with E-state index in [0.717, 1.165) is 35.0 Å². The zero-order valence-electron chi connectivity index (χ0n) is 15.2. The molecule has 0 spiro atoms. The van der Waals surface area contributed by atoms with E-state index in [4.69, 9.17) is 9.15 Å². The Hall–Kier alpha value is -2.96. The second-order valence-electron chi connectivity index (χ2n) is 6.04. The van der Waals surface area contributed by atoms with Gasteiger partial charge in [0.1, 0.15) is 5.39 Å². The van der Waals surface area contributed by atoms with Crippen molar-refractivity contribution >= 4 is 16.8 Å². The van der Waals surface area contributed by atoms with Gasteiger partial charge in [-0.1, -0.05) is 13.3 Å². The number of fused-ring (bicyclic) bond motifs is 1. The second-order valence-corrected chi connectivity index (χ2v) is 6.04. The van der Waals surface area contributed by atoms with Crippen LogP contribution in [0.5, 0.6) is 5.88 Å². The van der Waals surface area contributed by atoms with E-state index in [1.54, 1.807) is 28.9 Å². The monoisotopic (exact) mass is 356 g/mol. The van der Waals surface area contributed by atoms with Gasteiger partial charge in [-0.15, -0.1) is 5.10 Å². The molecule has 2 heterocycles. The van der Waals surface area contributed by atoms with Gasteiger partial charge in [0.15, 0.2) is 7.05 Å². The lowest BCUT2D eigenvalue weighted by Crippen LogP contribution is -2.03. The highest BCUT2D eigenvalue weighted by atomic mass is 16.5. The number of hydrogen-bond acceptors (Lipinski definition) is 5. The van der Waals surface area contributed by atoms with Gasteiger partial charge in [0.25, 0.3) is 5.69 Å². The van der Waals surface area contributed by atoms with Crippen LogP contribution in [0, 0.1) is 4.91 Å². The van der Waals surface area contributed by atoms with Crippen LogP contribution in [-0.4, -0.2) is 28.2 Å². The van der Waals surface area contributed by atoms with Crippen LogP contribution in [0.1, 0.15) is 32.3 Å². The number of unbranched alkanes of at least 4 members (excludes halogenated alkanes) is 1. The van der Waals surface area contributed by atoms with E-state index in [2.05, 4.69) is 12.0 Å². The standard InChI is InChI=1S/C19H22N3O4/c1-4-6-7-13-12-16(23)26-19-17(13)18(25-5-2)20-22(19)15-10-8-14(9-11-15)21(3)24/h8-12H,4-7H2,1-3H3/q+1. The molecule has 2 aromatic heterocycles. The predicted molar refractivity (Wildman–Crippen MR) is 98.6 cm³/mol. The molecule has 0 bridgehead atoms. The zero-order valence-corrected chi connectivity index (χ0v) is 15.2. The van der Waals surface area contributed by atoms with Crippen LogP contribution in [0.4, 0.5) is 5.69 Å². The van der Waals surface area contributed by atoms with E-state index in [9.17, 15) is 9.70 Å². The summed E-state index contributed by atoms with van der Waals surface area (Å²) in [7, 11) is 1.44. The van der Waals surface area contributed by atoms with Crippen molar-refractivity contribution < 1.29 is 13.9 Å². The number of nitrogens with zero attached hydrogens (tertiary/aromatic N) is 3. The fourth-order valence-corrected chi connectivity index (χ4v) is 2.87. The third-order valence-electron chi connectivity index (χ3n) is 4.16. The third-order valence-corrected chi connectivity index (χ3v) is 4.16. The lowest BCUT2D eigenvalue weighted by Gasteiger charge is -2.04. The van der Waals surface area contributed by atoms with Crippen molar-refractivity contribution in [3.63, 3.8) is 0 Å². The van der Waals surface area contributed by atoms with Gasteiger partial charge in [0.05, 0.1) is 12.3 Å². The maximum Gasteiger partial charge on any atom is 0.337 e. The molecule has 0 saturated heterocycles. The SMILES string of the molecule is CCCCc1cc(=O)oc2c1c(OCC)nn2-c1ccc([N+](C)=O)cc1. The maximum absolute atomic E-state index is 12.1. The molecule has 0 radical (unpaired) electrons. The van der Waals surface area contributed by atoms with Crippen LogP contribution >= 0.6 is 0 Å². The molecule has 0 N–H and O–H groups in total. The van der Waals surface area contributed by atoms with E-state index < -0.39 is 5.63 Å². The first kappa shape index (κ1) is 17.8. The van der Waals surface area contributed by atoms with E-state index in [1.807, 2.05) is 6.92 Å². The largest absolute Gasteiger partial charge is 0.476 e. The van der Waals surface area contributed by atoms with Crippen molar-refractivity contribution in [1.29, 1.82) is 0 Å². The molecule has 1 aromatic carbocycles. The number of aryl methyl sites for hydroxylation is 1. The summed E-state index contributed by atoms with van der Waals surface area (Å²) >= 11 is 0. The van der Waals surface area contributed by atoms with E-state index in [-0.39, 0.29) is 0 Å². The Balaban J connectivity index is 2.20. The minimum atomic E-state index is -0.413. The molecule has 0 amide bonds. The molecule has 26 heavy (non-hydrogen) atoms. The van der Waals surface area contributed by atoms with Gasteiger partial charge in [-0.25, -0.2) is 4.79 Å². The first-order chi connectivity index (χ1) is 12.5. The van der Waals surface area contributed by atoms with Crippen molar-refractivity contribution in [2.75, 3.05) is 13.7 Å². The normalized spacial score (nSPS) is 11.0. The minimum Gasteiger partial charge on any atom is -0.476 e. The number of benzene rings is 1. The van der Waals surface area contributed by atoms with Crippen LogP contribution in [0.15, 0.2) is 39.5 Å². The lowest BCUT2D eigenvalue weighted by molar-refractivity contribution is -0.428. The highest BCUT2D eigenvalue weighted by Gasteiger charge is 2.20. The minimum absolute atomic E-state index is 0.357. The summed E-state index contributed by atoms with van der Waals surface area (Å²) in [5.74, 6) is 0.447. The number of rotatable bonds is 7.